The summed E-state index contributed by atoms with van der Waals surface area (Å²) in [7, 11) is -1.66. The first-order valence-corrected chi connectivity index (χ1v) is 6.92. The summed E-state index contributed by atoms with van der Waals surface area (Å²) in [6.45, 7) is 1.03. The van der Waals surface area contributed by atoms with Crippen LogP contribution in [0.25, 0.3) is 0 Å². The second-order valence-electron chi connectivity index (χ2n) is 4.04. The zero-order chi connectivity index (χ0) is 15.5. The summed E-state index contributed by atoms with van der Waals surface area (Å²) < 4.78 is 29.5. The molecule has 1 rings (SSSR count). The van der Waals surface area contributed by atoms with Crippen molar-refractivity contribution in [3.63, 3.8) is 0 Å². The van der Waals surface area contributed by atoms with Gasteiger partial charge in [-0.15, -0.1) is 0 Å². The third kappa shape index (κ3) is 3.31. The van der Waals surface area contributed by atoms with E-state index in [-0.39, 0.29) is 10.6 Å². The van der Waals surface area contributed by atoms with Gasteiger partial charge < -0.3 is 4.74 Å². The van der Waals surface area contributed by atoms with Crippen LogP contribution in [0, 0.1) is 17.0 Å². The van der Waals surface area contributed by atoms with Crippen molar-refractivity contribution in [2.45, 2.75) is 11.8 Å². The summed E-state index contributed by atoms with van der Waals surface area (Å²) in [5, 5.41) is 10.8. The lowest BCUT2D eigenvalue weighted by atomic mass is 10.2. The zero-order valence-corrected chi connectivity index (χ0v) is 12.0. The Balaban J connectivity index is 3.19. The van der Waals surface area contributed by atoms with Crippen molar-refractivity contribution >= 4 is 21.7 Å². The number of hydrogen-bond acceptors (Lipinski definition) is 6. The van der Waals surface area contributed by atoms with Gasteiger partial charge in [0.05, 0.1) is 16.9 Å². The molecule has 0 bridgehead atoms. The Kier molecular flexibility index (Phi) is 4.79. The van der Waals surface area contributed by atoms with Crippen molar-refractivity contribution < 1.29 is 22.9 Å². The number of nitro groups is 1. The molecule has 0 spiro atoms. The molecule has 0 aliphatic rings. The average Bonchev–Trinajstić information content (AvgIpc) is 2.38. The van der Waals surface area contributed by atoms with Crippen molar-refractivity contribution in [3.05, 3.63) is 33.9 Å². The molecule has 1 aromatic rings. The highest BCUT2D eigenvalue weighted by Gasteiger charge is 2.25. The van der Waals surface area contributed by atoms with E-state index in [4.69, 9.17) is 0 Å². The number of rotatable bonds is 5. The highest BCUT2D eigenvalue weighted by molar-refractivity contribution is 7.89. The number of likely N-dealkylation sites (N-methyl/N-ethyl adjacent to an activating group) is 1. The number of aryl methyl sites for hydroxylation is 1. The lowest BCUT2D eigenvalue weighted by Gasteiger charge is -2.15. The molecule has 0 unspecified atom stereocenters. The zero-order valence-electron chi connectivity index (χ0n) is 11.2. The van der Waals surface area contributed by atoms with E-state index in [9.17, 15) is 23.3 Å². The van der Waals surface area contributed by atoms with Gasteiger partial charge in [0.25, 0.3) is 5.69 Å². The van der Waals surface area contributed by atoms with Gasteiger partial charge in [-0.25, -0.2) is 8.42 Å². The fourth-order valence-corrected chi connectivity index (χ4v) is 2.59. The van der Waals surface area contributed by atoms with Crippen LogP contribution in [0.2, 0.25) is 0 Å². The first kappa shape index (κ1) is 16.1. The van der Waals surface area contributed by atoms with Crippen LogP contribution < -0.4 is 0 Å². The van der Waals surface area contributed by atoms with Gasteiger partial charge in [-0.2, -0.15) is 4.31 Å². The van der Waals surface area contributed by atoms with E-state index in [1.165, 1.54) is 26.1 Å². The highest BCUT2D eigenvalue weighted by Crippen LogP contribution is 2.23. The molecule has 0 atom stereocenters. The molecule has 0 aromatic heterocycles. The van der Waals surface area contributed by atoms with E-state index in [2.05, 4.69) is 4.74 Å². The van der Waals surface area contributed by atoms with Crippen LogP contribution in [0.1, 0.15) is 5.56 Å². The number of carbonyl (C=O) groups is 1. The number of methoxy groups -OCH3 is 1. The third-order valence-corrected chi connectivity index (χ3v) is 4.46. The molecule has 0 heterocycles. The molecule has 0 aliphatic carbocycles. The van der Waals surface area contributed by atoms with Crippen molar-refractivity contribution in [2.24, 2.45) is 0 Å². The SMILES string of the molecule is COC(=O)CN(C)S(=O)(=O)c1ccc(C)c([N+](=O)[O-])c1. The smallest absolute Gasteiger partial charge is 0.321 e. The summed E-state index contributed by atoms with van der Waals surface area (Å²) in [5.41, 5.74) is 0.0575. The molecule has 0 fully saturated rings. The molecular formula is C11H14N2O6S. The van der Waals surface area contributed by atoms with E-state index in [0.29, 0.717) is 5.56 Å². The van der Waals surface area contributed by atoms with Gasteiger partial charge in [-0.3, -0.25) is 14.9 Å². The minimum atomic E-state index is -3.99. The molecule has 0 saturated heterocycles. The number of carbonyl (C=O) groups excluding carboxylic acids is 1. The Bertz CT molecular complexity index is 640. The first-order chi connectivity index (χ1) is 9.20. The number of ether oxygens (including phenoxy) is 1. The third-order valence-electron chi connectivity index (χ3n) is 2.66. The molecule has 1 aromatic carbocycles. The number of benzene rings is 1. The molecule has 9 heteroatoms. The molecule has 0 radical (unpaired) electrons. The van der Waals surface area contributed by atoms with E-state index >= 15 is 0 Å². The molecule has 0 aliphatic heterocycles. The second kappa shape index (κ2) is 5.97. The minimum Gasteiger partial charge on any atom is -0.468 e. The number of hydrogen-bond donors (Lipinski definition) is 0. The van der Waals surface area contributed by atoms with Gasteiger partial charge in [0.15, 0.2) is 0 Å². The van der Waals surface area contributed by atoms with E-state index < -0.39 is 27.5 Å². The summed E-state index contributed by atoms with van der Waals surface area (Å²) >= 11 is 0. The quantitative estimate of drug-likeness (QED) is 0.450. The van der Waals surface area contributed by atoms with Crippen LogP contribution in [0.4, 0.5) is 5.69 Å². The van der Waals surface area contributed by atoms with Crippen LogP contribution in [0.15, 0.2) is 23.1 Å². The van der Waals surface area contributed by atoms with Gasteiger partial charge in [-0.1, -0.05) is 6.07 Å². The summed E-state index contributed by atoms with van der Waals surface area (Å²) in [5.74, 6) is -0.724. The summed E-state index contributed by atoms with van der Waals surface area (Å²) in [4.78, 5) is 21.0. The van der Waals surface area contributed by atoms with E-state index in [0.717, 1.165) is 17.5 Å². The Morgan fingerprint density at radius 1 is 1.45 bits per heavy atom. The summed E-state index contributed by atoms with van der Waals surface area (Å²) in [6, 6.07) is 3.57. The fraction of sp³-hybridized carbons (Fsp3) is 0.364. The first-order valence-electron chi connectivity index (χ1n) is 5.48. The minimum absolute atomic E-state index is 0.249. The van der Waals surface area contributed by atoms with E-state index in [1.54, 1.807) is 0 Å². The van der Waals surface area contributed by atoms with Gasteiger partial charge in [-0.05, 0) is 13.0 Å². The predicted octanol–water partition coefficient (Wildman–Crippen LogP) is 0.697. The van der Waals surface area contributed by atoms with Crippen LogP contribution in [0.5, 0.6) is 0 Å². The van der Waals surface area contributed by atoms with Gasteiger partial charge in [0.1, 0.15) is 6.54 Å². The Labute approximate surface area is 116 Å². The maximum Gasteiger partial charge on any atom is 0.321 e. The number of sulfonamides is 1. The van der Waals surface area contributed by atoms with Crippen LogP contribution in [-0.4, -0.2) is 44.3 Å². The maximum absolute atomic E-state index is 12.2. The molecule has 8 nitrogen and oxygen atoms in total. The van der Waals surface area contributed by atoms with Crippen LogP contribution in [-0.2, 0) is 19.6 Å². The Morgan fingerprint density at radius 2 is 2.05 bits per heavy atom. The van der Waals surface area contributed by atoms with Crippen molar-refractivity contribution in [1.82, 2.24) is 4.31 Å². The van der Waals surface area contributed by atoms with Crippen LogP contribution in [0.3, 0.4) is 0 Å². The van der Waals surface area contributed by atoms with Crippen molar-refractivity contribution in [3.8, 4) is 0 Å². The fourth-order valence-electron chi connectivity index (χ4n) is 1.46. The monoisotopic (exact) mass is 302 g/mol. The second-order valence-corrected chi connectivity index (χ2v) is 6.09. The molecule has 0 amide bonds. The number of nitro benzene ring substituents is 1. The number of nitrogens with zero attached hydrogens (tertiary/aromatic N) is 2. The average molecular weight is 302 g/mol. The van der Waals surface area contributed by atoms with Gasteiger partial charge >= 0.3 is 5.97 Å². The highest BCUT2D eigenvalue weighted by atomic mass is 32.2. The maximum atomic E-state index is 12.2. The Hall–Kier alpha value is -2.00. The molecule has 0 saturated carbocycles. The van der Waals surface area contributed by atoms with Gasteiger partial charge in [0, 0.05) is 18.7 Å². The molecule has 20 heavy (non-hydrogen) atoms. The molecular weight excluding hydrogens is 288 g/mol. The molecule has 110 valence electrons. The largest absolute Gasteiger partial charge is 0.468 e. The van der Waals surface area contributed by atoms with Crippen LogP contribution >= 0.6 is 0 Å². The normalized spacial score (nSPS) is 11.4. The lowest BCUT2D eigenvalue weighted by Crippen LogP contribution is -2.32. The van der Waals surface area contributed by atoms with Crippen molar-refractivity contribution in [2.75, 3.05) is 20.7 Å². The molecule has 0 N–H and O–H groups in total. The standard InChI is InChI=1S/C11H14N2O6S/c1-8-4-5-9(6-10(8)13(15)16)20(17,18)12(2)7-11(14)19-3/h4-6H,7H2,1-3H3. The number of esters is 1. The Morgan fingerprint density at radius 3 is 2.55 bits per heavy atom. The lowest BCUT2D eigenvalue weighted by molar-refractivity contribution is -0.385. The van der Waals surface area contributed by atoms with Crippen molar-refractivity contribution in [1.29, 1.82) is 0 Å². The topological polar surface area (TPSA) is 107 Å². The van der Waals surface area contributed by atoms with E-state index in [1.807, 2.05) is 0 Å². The predicted molar refractivity (Wildman–Crippen MR) is 69.7 cm³/mol. The summed E-state index contributed by atoms with van der Waals surface area (Å²) in [6.07, 6.45) is 0. The van der Waals surface area contributed by atoms with Gasteiger partial charge in [0.2, 0.25) is 10.0 Å².